The summed E-state index contributed by atoms with van der Waals surface area (Å²) < 4.78 is 1.97. The van der Waals surface area contributed by atoms with E-state index in [1.54, 1.807) is 11.3 Å². The fourth-order valence-electron chi connectivity index (χ4n) is 3.64. The quantitative estimate of drug-likeness (QED) is 0.692. The predicted molar refractivity (Wildman–Crippen MR) is 109 cm³/mol. The molecule has 2 aromatic heterocycles. The molecule has 1 aliphatic rings. The molecule has 7 heteroatoms. The van der Waals surface area contributed by atoms with Gasteiger partial charge in [-0.25, -0.2) is 4.68 Å². The Kier molecular flexibility index (Phi) is 4.97. The number of tetrazole rings is 1. The van der Waals surface area contributed by atoms with Gasteiger partial charge in [0.05, 0.1) is 5.54 Å². The van der Waals surface area contributed by atoms with Gasteiger partial charge in [0, 0.05) is 36.7 Å². The summed E-state index contributed by atoms with van der Waals surface area (Å²) in [6, 6.07) is 15.1. The number of para-hydroxylation sites is 1. The number of benzene rings is 1. The summed E-state index contributed by atoms with van der Waals surface area (Å²) in [5.41, 5.74) is 1.14. The van der Waals surface area contributed by atoms with Crippen molar-refractivity contribution in [2.45, 2.75) is 32.4 Å². The van der Waals surface area contributed by atoms with Crippen LogP contribution in [0.4, 0.5) is 5.69 Å². The highest BCUT2D eigenvalue weighted by Gasteiger charge is 2.33. The van der Waals surface area contributed by atoms with Crippen molar-refractivity contribution in [2.24, 2.45) is 0 Å². The highest BCUT2D eigenvalue weighted by molar-refractivity contribution is 7.10. The minimum Gasteiger partial charge on any atom is -0.369 e. The molecule has 0 amide bonds. The highest BCUT2D eigenvalue weighted by atomic mass is 32.1. The lowest BCUT2D eigenvalue weighted by Gasteiger charge is -2.40. The maximum atomic E-state index is 4.44. The molecular formula is C20H26N6S. The second kappa shape index (κ2) is 7.40. The molecule has 0 unspecified atom stereocenters. The van der Waals surface area contributed by atoms with E-state index >= 15 is 0 Å². The zero-order valence-corrected chi connectivity index (χ0v) is 16.9. The van der Waals surface area contributed by atoms with E-state index in [0.717, 1.165) is 32.0 Å². The van der Waals surface area contributed by atoms with E-state index in [1.807, 2.05) is 4.68 Å². The minimum absolute atomic E-state index is 0.0946. The molecule has 0 radical (unpaired) electrons. The molecular weight excluding hydrogens is 356 g/mol. The molecule has 0 saturated carbocycles. The normalized spacial score (nSPS) is 17.2. The maximum Gasteiger partial charge on any atom is 0.174 e. The first-order chi connectivity index (χ1) is 13.0. The number of hydrogen-bond donors (Lipinski definition) is 0. The summed E-state index contributed by atoms with van der Waals surface area (Å²) in [5.74, 6) is 0.929. The number of aromatic nitrogens is 4. The standard InChI is InChI=1S/C20H26N6S/c1-20(2,3)26-19(21-22-23-26)18(17-10-7-15-27-17)25-13-11-24(12-14-25)16-8-5-4-6-9-16/h4-10,15,18H,11-14H2,1-3H3/t18-/m1/s1. The van der Waals surface area contributed by atoms with Crippen molar-refractivity contribution in [3.8, 4) is 0 Å². The third kappa shape index (κ3) is 3.75. The second-order valence-corrected chi connectivity index (χ2v) is 8.88. The number of thiophene rings is 1. The fourth-order valence-corrected chi connectivity index (χ4v) is 4.49. The van der Waals surface area contributed by atoms with Crippen LogP contribution in [0.15, 0.2) is 47.8 Å². The molecule has 0 aliphatic carbocycles. The van der Waals surface area contributed by atoms with Gasteiger partial charge in [-0.3, -0.25) is 4.90 Å². The summed E-state index contributed by atoms with van der Waals surface area (Å²) >= 11 is 1.78. The lowest BCUT2D eigenvalue weighted by Crippen LogP contribution is -2.48. The molecule has 1 atom stereocenters. The molecule has 1 aliphatic heterocycles. The van der Waals surface area contributed by atoms with E-state index < -0.39 is 0 Å². The summed E-state index contributed by atoms with van der Waals surface area (Å²) in [7, 11) is 0. The monoisotopic (exact) mass is 382 g/mol. The van der Waals surface area contributed by atoms with Gasteiger partial charge in [0.2, 0.25) is 0 Å². The summed E-state index contributed by atoms with van der Waals surface area (Å²) in [6.45, 7) is 10.4. The Morgan fingerprint density at radius 1 is 0.963 bits per heavy atom. The van der Waals surface area contributed by atoms with E-state index in [-0.39, 0.29) is 11.6 Å². The second-order valence-electron chi connectivity index (χ2n) is 7.90. The number of nitrogens with zero attached hydrogens (tertiary/aromatic N) is 6. The van der Waals surface area contributed by atoms with Crippen LogP contribution >= 0.6 is 11.3 Å². The Bertz CT molecular complexity index is 844. The van der Waals surface area contributed by atoms with Crippen molar-refractivity contribution < 1.29 is 0 Å². The topological polar surface area (TPSA) is 50.1 Å². The lowest BCUT2D eigenvalue weighted by molar-refractivity contribution is 0.194. The molecule has 0 N–H and O–H groups in total. The molecule has 142 valence electrons. The van der Waals surface area contributed by atoms with Crippen LogP contribution in [0, 0.1) is 0 Å². The van der Waals surface area contributed by atoms with Crippen molar-refractivity contribution in [1.29, 1.82) is 0 Å². The third-order valence-corrected chi connectivity index (χ3v) is 5.91. The number of piperazine rings is 1. The SMILES string of the molecule is CC(C)(C)n1nnnc1[C@@H](c1cccs1)N1CCN(c2ccccc2)CC1. The van der Waals surface area contributed by atoms with Gasteiger partial charge < -0.3 is 4.90 Å². The minimum atomic E-state index is -0.153. The molecule has 0 spiro atoms. The van der Waals surface area contributed by atoms with E-state index in [1.165, 1.54) is 10.6 Å². The summed E-state index contributed by atoms with van der Waals surface area (Å²) in [5, 5.41) is 14.9. The molecule has 4 rings (SSSR count). The Hall–Kier alpha value is -2.25. The van der Waals surface area contributed by atoms with Crippen LogP contribution in [0.3, 0.4) is 0 Å². The first-order valence-corrected chi connectivity index (χ1v) is 10.3. The first kappa shape index (κ1) is 18.1. The van der Waals surface area contributed by atoms with Gasteiger partial charge in [-0.1, -0.05) is 24.3 Å². The predicted octanol–water partition coefficient (Wildman–Crippen LogP) is 3.40. The molecule has 1 aromatic carbocycles. The van der Waals surface area contributed by atoms with Crippen molar-refractivity contribution in [1.82, 2.24) is 25.1 Å². The number of rotatable bonds is 4. The summed E-state index contributed by atoms with van der Waals surface area (Å²) in [4.78, 5) is 6.26. The van der Waals surface area contributed by atoms with Gasteiger partial charge in [-0.05, 0) is 54.8 Å². The van der Waals surface area contributed by atoms with Crippen LogP contribution in [0.2, 0.25) is 0 Å². The molecule has 0 bridgehead atoms. The van der Waals surface area contributed by atoms with Gasteiger partial charge in [0.15, 0.2) is 5.82 Å². The molecule has 1 saturated heterocycles. The van der Waals surface area contributed by atoms with Crippen LogP contribution in [0.5, 0.6) is 0 Å². The zero-order chi connectivity index (χ0) is 18.9. The first-order valence-electron chi connectivity index (χ1n) is 9.40. The molecule has 27 heavy (non-hydrogen) atoms. The molecule has 3 heterocycles. The van der Waals surface area contributed by atoms with Crippen LogP contribution in [-0.4, -0.2) is 51.3 Å². The van der Waals surface area contributed by atoms with Crippen molar-refractivity contribution >= 4 is 17.0 Å². The largest absolute Gasteiger partial charge is 0.369 e. The number of hydrogen-bond acceptors (Lipinski definition) is 6. The summed E-state index contributed by atoms with van der Waals surface area (Å²) in [6.07, 6.45) is 0. The van der Waals surface area contributed by atoms with E-state index in [0.29, 0.717) is 0 Å². The Morgan fingerprint density at radius 3 is 2.33 bits per heavy atom. The molecule has 1 fully saturated rings. The van der Waals surface area contributed by atoms with Crippen LogP contribution in [-0.2, 0) is 5.54 Å². The van der Waals surface area contributed by atoms with Gasteiger partial charge in [0.25, 0.3) is 0 Å². The highest BCUT2D eigenvalue weighted by Crippen LogP contribution is 2.33. The third-order valence-electron chi connectivity index (χ3n) is 4.99. The van der Waals surface area contributed by atoms with Gasteiger partial charge in [0.1, 0.15) is 6.04 Å². The molecule has 3 aromatic rings. The van der Waals surface area contributed by atoms with Crippen molar-refractivity contribution in [3.63, 3.8) is 0 Å². The average Bonchev–Trinajstić information content (AvgIpc) is 3.36. The van der Waals surface area contributed by atoms with E-state index in [9.17, 15) is 0 Å². The van der Waals surface area contributed by atoms with Crippen LogP contribution in [0.25, 0.3) is 0 Å². The van der Waals surface area contributed by atoms with Crippen molar-refractivity contribution in [3.05, 3.63) is 58.5 Å². The Balaban J connectivity index is 1.60. The number of anilines is 1. The van der Waals surface area contributed by atoms with E-state index in [2.05, 4.69) is 93.9 Å². The Labute approximate surface area is 164 Å². The Morgan fingerprint density at radius 2 is 1.70 bits per heavy atom. The van der Waals surface area contributed by atoms with Crippen molar-refractivity contribution in [2.75, 3.05) is 31.1 Å². The fraction of sp³-hybridized carbons (Fsp3) is 0.450. The van der Waals surface area contributed by atoms with E-state index in [4.69, 9.17) is 0 Å². The smallest absolute Gasteiger partial charge is 0.174 e. The lowest BCUT2D eigenvalue weighted by atomic mass is 10.1. The van der Waals surface area contributed by atoms with Crippen LogP contribution < -0.4 is 4.90 Å². The van der Waals surface area contributed by atoms with Gasteiger partial charge >= 0.3 is 0 Å². The zero-order valence-electron chi connectivity index (χ0n) is 16.1. The average molecular weight is 383 g/mol. The van der Waals surface area contributed by atoms with Crippen LogP contribution in [0.1, 0.15) is 37.5 Å². The van der Waals surface area contributed by atoms with Gasteiger partial charge in [-0.2, -0.15) is 0 Å². The molecule has 6 nitrogen and oxygen atoms in total. The van der Waals surface area contributed by atoms with Gasteiger partial charge in [-0.15, -0.1) is 16.4 Å². The maximum absolute atomic E-state index is 4.44.